The highest BCUT2D eigenvalue weighted by molar-refractivity contribution is 14.0. The molecule has 0 radical (unpaired) electrons. The Bertz CT molecular complexity index is 522. The van der Waals surface area contributed by atoms with Crippen molar-refractivity contribution in [1.82, 2.24) is 10.2 Å². The fourth-order valence-corrected chi connectivity index (χ4v) is 2.37. The van der Waals surface area contributed by atoms with Gasteiger partial charge in [-0.25, -0.2) is 0 Å². The topological polar surface area (TPSA) is 36.9 Å². The molecule has 0 saturated carbocycles. The molecule has 4 nitrogen and oxygen atoms in total. The molecule has 1 saturated heterocycles. The zero-order valence-corrected chi connectivity index (χ0v) is 14.7. The first-order valence-electron chi connectivity index (χ1n) is 6.64. The molecule has 0 amide bonds. The number of nitrogens with one attached hydrogen (secondary N) is 1. The summed E-state index contributed by atoms with van der Waals surface area (Å²) < 4.78 is 43.9. The lowest BCUT2D eigenvalue weighted by Crippen LogP contribution is -2.47. The van der Waals surface area contributed by atoms with Crippen LogP contribution in [0.4, 0.5) is 13.2 Å². The highest BCUT2D eigenvalue weighted by Gasteiger charge is 2.32. The normalized spacial score (nSPS) is 19.6. The highest BCUT2D eigenvalue weighted by Crippen LogP contribution is 2.32. The van der Waals surface area contributed by atoms with Crippen LogP contribution in [0.15, 0.2) is 29.3 Å². The Balaban J connectivity index is 0.00000242. The molecule has 0 bridgehead atoms. The van der Waals surface area contributed by atoms with Crippen molar-refractivity contribution in [3.05, 3.63) is 35.4 Å². The van der Waals surface area contributed by atoms with E-state index in [0.717, 1.165) is 12.1 Å². The van der Waals surface area contributed by atoms with E-state index in [4.69, 9.17) is 4.74 Å². The number of hydrogen-bond donors (Lipinski definition) is 1. The summed E-state index contributed by atoms with van der Waals surface area (Å²) in [6.45, 7) is 1.57. The van der Waals surface area contributed by atoms with Crippen molar-refractivity contribution in [3.8, 4) is 0 Å². The second-order valence-electron chi connectivity index (χ2n) is 4.73. The van der Waals surface area contributed by atoms with Crippen molar-refractivity contribution < 1.29 is 17.9 Å². The molecule has 0 spiro atoms. The third-order valence-corrected chi connectivity index (χ3v) is 3.39. The molecular formula is C14H19F3IN3O. The van der Waals surface area contributed by atoms with Crippen molar-refractivity contribution in [2.45, 2.75) is 12.3 Å². The predicted molar refractivity (Wildman–Crippen MR) is 89.5 cm³/mol. The van der Waals surface area contributed by atoms with Gasteiger partial charge in [0.25, 0.3) is 0 Å². The van der Waals surface area contributed by atoms with Gasteiger partial charge in [0.1, 0.15) is 6.10 Å². The monoisotopic (exact) mass is 429 g/mol. The summed E-state index contributed by atoms with van der Waals surface area (Å²) in [6.07, 6.45) is -4.74. The van der Waals surface area contributed by atoms with Gasteiger partial charge in [-0.2, -0.15) is 13.2 Å². The Hall–Kier alpha value is -1.03. The van der Waals surface area contributed by atoms with Crippen LogP contribution in [0.3, 0.4) is 0 Å². The Kier molecular flexibility index (Phi) is 6.92. The number of halogens is 4. The Morgan fingerprint density at radius 2 is 2.14 bits per heavy atom. The first-order valence-corrected chi connectivity index (χ1v) is 6.64. The maximum absolute atomic E-state index is 12.8. The first-order chi connectivity index (χ1) is 9.95. The van der Waals surface area contributed by atoms with Crippen LogP contribution in [0.2, 0.25) is 0 Å². The predicted octanol–water partition coefficient (Wildman–Crippen LogP) is 2.90. The Labute approximate surface area is 144 Å². The molecule has 1 aliphatic rings. The van der Waals surface area contributed by atoms with Crippen LogP contribution in [0.5, 0.6) is 0 Å². The summed E-state index contributed by atoms with van der Waals surface area (Å²) in [5.74, 6) is 0.704. The maximum Gasteiger partial charge on any atom is 0.416 e. The maximum atomic E-state index is 12.8. The molecule has 1 heterocycles. The molecule has 0 aromatic heterocycles. The molecule has 124 valence electrons. The minimum atomic E-state index is -4.34. The number of ether oxygens (including phenoxy) is 1. The molecular weight excluding hydrogens is 410 g/mol. The van der Waals surface area contributed by atoms with E-state index in [1.54, 1.807) is 20.2 Å². The summed E-state index contributed by atoms with van der Waals surface area (Å²) in [5.41, 5.74) is -0.125. The minimum absolute atomic E-state index is 0. The van der Waals surface area contributed by atoms with Crippen LogP contribution in [0, 0.1) is 0 Å². The van der Waals surface area contributed by atoms with E-state index in [2.05, 4.69) is 10.3 Å². The fourth-order valence-electron chi connectivity index (χ4n) is 2.37. The fraction of sp³-hybridized carbons (Fsp3) is 0.500. The van der Waals surface area contributed by atoms with Gasteiger partial charge in [0.15, 0.2) is 5.96 Å². The molecule has 1 aromatic rings. The third kappa shape index (κ3) is 4.48. The second-order valence-corrected chi connectivity index (χ2v) is 4.73. The number of morpholine rings is 1. The number of hydrogen-bond acceptors (Lipinski definition) is 2. The molecule has 1 N–H and O–H groups in total. The lowest BCUT2D eigenvalue weighted by atomic mass is 10.0. The quantitative estimate of drug-likeness (QED) is 0.424. The van der Waals surface area contributed by atoms with Gasteiger partial charge in [-0.3, -0.25) is 4.99 Å². The Morgan fingerprint density at radius 1 is 1.41 bits per heavy atom. The van der Waals surface area contributed by atoms with Crippen molar-refractivity contribution in [2.75, 3.05) is 33.8 Å². The molecule has 1 aliphatic heterocycles. The molecule has 1 fully saturated rings. The van der Waals surface area contributed by atoms with Crippen LogP contribution in [0.25, 0.3) is 0 Å². The van der Waals surface area contributed by atoms with Gasteiger partial charge in [0.2, 0.25) is 0 Å². The molecule has 1 unspecified atom stereocenters. The van der Waals surface area contributed by atoms with E-state index in [1.165, 1.54) is 6.07 Å². The van der Waals surface area contributed by atoms with Gasteiger partial charge < -0.3 is 15.0 Å². The molecule has 2 rings (SSSR count). The van der Waals surface area contributed by atoms with Gasteiger partial charge in [-0.1, -0.05) is 12.1 Å². The van der Waals surface area contributed by atoms with Crippen LogP contribution in [-0.2, 0) is 10.9 Å². The zero-order chi connectivity index (χ0) is 15.5. The van der Waals surface area contributed by atoms with E-state index in [-0.39, 0.29) is 24.0 Å². The van der Waals surface area contributed by atoms with Crippen LogP contribution >= 0.6 is 24.0 Å². The summed E-state index contributed by atoms with van der Waals surface area (Å²) in [6, 6.07) is 5.28. The average Bonchev–Trinajstić information content (AvgIpc) is 2.48. The lowest BCUT2D eigenvalue weighted by Gasteiger charge is -2.35. The zero-order valence-electron chi connectivity index (χ0n) is 12.4. The third-order valence-electron chi connectivity index (χ3n) is 3.39. The molecule has 22 heavy (non-hydrogen) atoms. The highest BCUT2D eigenvalue weighted by atomic mass is 127. The number of rotatable bonds is 1. The van der Waals surface area contributed by atoms with Crippen molar-refractivity contribution >= 4 is 29.9 Å². The smallest absolute Gasteiger partial charge is 0.370 e. The average molecular weight is 429 g/mol. The number of benzene rings is 1. The summed E-state index contributed by atoms with van der Waals surface area (Å²) >= 11 is 0. The lowest BCUT2D eigenvalue weighted by molar-refractivity contribution is -0.137. The van der Waals surface area contributed by atoms with Gasteiger partial charge in [-0.15, -0.1) is 24.0 Å². The van der Waals surface area contributed by atoms with Crippen molar-refractivity contribution in [1.29, 1.82) is 0 Å². The molecule has 0 aliphatic carbocycles. The summed E-state index contributed by atoms with van der Waals surface area (Å²) in [5, 5.41) is 2.97. The number of nitrogens with zero attached hydrogens (tertiary/aromatic N) is 2. The van der Waals surface area contributed by atoms with Crippen LogP contribution in [0.1, 0.15) is 17.2 Å². The van der Waals surface area contributed by atoms with Crippen molar-refractivity contribution in [2.24, 2.45) is 4.99 Å². The SMILES string of the molecule is CN=C(NC)N1CCOC(c2cccc(C(F)(F)F)c2)C1.I. The van der Waals surface area contributed by atoms with Crippen LogP contribution in [-0.4, -0.2) is 44.7 Å². The van der Waals surface area contributed by atoms with Gasteiger partial charge in [0, 0.05) is 20.6 Å². The summed E-state index contributed by atoms with van der Waals surface area (Å²) in [4.78, 5) is 6.08. The second kappa shape index (κ2) is 8.00. The van der Waals surface area contributed by atoms with E-state index in [9.17, 15) is 13.2 Å². The first kappa shape index (κ1) is 19.0. The molecule has 8 heteroatoms. The number of alkyl halides is 3. The Morgan fingerprint density at radius 3 is 2.73 bits per heavy atom. The van der Waals surface area contributed by atoms with E-state index < -0.39 is 17.8 Å². The minimum Gasteiger partial charge on any atom is -0.370 e. The van der Waals surface area contributed by atoms with Gasteiger partial charge in [-0.05, 0) is 17.7 Å². The number of guanidine groups is 1. The molecule has 1 atom stereocenters. The van der Waals surface area contributed by atoms with E-state index in [1.807, 2.05) is 4.90 Å². The standard InChI is InChI=1S/C14H18F3N3O.HI/c1-18-13(19-2)20-6-7-21-12(9-20)10-4-3-5-11(8-10)14(15,16)17;/h3-5,8,12H,6-7,9H2,1-2H3,(H,18,19);1H. The van der Waals surface area contributed by atoms with Crippen LogP contribution < -0.4 is 5.32 Å². The van der Waals surface area contributed by atoms with Gasteiger partial charge in [0.05, 0.1) is 18.7 Å². The van der Waals surface area contributed by atoms with E-state index in [0.29, 0.717) is 31.2 Å². The number of aliphatic imine (C=N–C) groups is 1. The molecule has 1 aromatic carbocycles. The largest absolute Gasteiger partial charge is 0.416 e. The van der Waals surface area contributed by atoms with Crippen molar-refractivity contribution in [3.63, 3.8) is 0 Å². The van der Waals surface area contributed by atoms with Gasteiger partial charge >= 0.3 is 6.18 Å². The summed E-state index contributed by atoms with van der Waals surface area (Å²) in [7, 11) is 3.43. The van der Waals surface area contributed by atoms with E-state index >= 15 is 0 Å².